The van der Waals surface area contributed by atoms with E-state index in [4.69, 9.17) is 4.99 Å². The molecule has 2 N–H and O–H groups in total. The van der Waals surface area contributed by atoms with Crippen LogP contribution in [-0.2, 0) is 17.3 Å². The molecule has 5 nitrogen and oxygen atoms in total. The second kappa shape index (κ2) is 12.7. The second-order valence-corrected chi connectivity index (χ2v) is 9.53. The van der Waals surface area contributed by atoms with Gasteiger partial charge in [-0.15, -0.1) is 24.0 Å². The Bertz CT molecular complexity index is 666. The molecule has 1 aliphatic rings. The molecule has 0 amide bonds. The highest BCUT2D eigenvalue weighted by Crippen LogP contribution is 2.23. The number of aryl methyl sites for hydroxylation is 1. The quantitative estimate of drug-likeness (QED) is 0.326. The molecule has 0 spiro atoms. The van der Waals surface area contributed by atoms with Gasteiger partial charge in [0, 0.05) is 54.2 Å². The summed E-state index contributed by atoms with van der Waals surface area (Å²) in [5.74, 6) is 1.61. The molecule has 0 saturated heterocycles. The number of anilines is 1. The molecule has 0 bridgehead atoms. The minimum absolute atomic E-state index is 0. The number of aliphatic imine (C=N–C) groups is 1. The first-order valence-corrected chi connectivity index (χ1v) is 11.5. The maximum atomic E-state index is 12.2. The van der Waals surface area contributed by atoms with Gasteiger partial charge in [0.05, 0.1) is 6.54 Å². The topological polar surface area (TPSA) is 56.7 Å². The van der Waals surface area contributed by atoms with Crippen LogP contribution in [-0.4, -0.2) is 47.9 Å². The van der Waals surface area contributed by atoms with Gasteiger partial charge in [-0.25, -0.2) is 4.99 Å². The molecule has 0 heterocycles. The molecule has 1 aromatic carbocycles. The summed E-state index contributed by atoms with van der Waals surface area (Å²) >= 11 is 0. The van der Waals surface area contributed by atoms with Crippen LogP contribution in [0.1, 0.15) is 50.7 Å². The Morgan fingerprint density at radius 2 is 2.04 bits per heavy atom. The minimum Gasteiger partial charge on any atom is -0.377 e. The van der Waals surface area contributed by atoms with Crippen molar-refractivity contribution < 1.29 is 4.21 Å². The standard InChI is InChI=1S/C21H36N4OS.HI/c1-6-22-21(24-18-9-8-10-19(14-18)27(26)7-2)23-15-17-12-11-16(3)13-20(17)25(4)5;/h11-13,18-19H,6-10,14-15H2,1-5H3,(H2,22,23,24);1H. The molecule has 0 aromatic heterocycles. The van der Waals surface area contributed by atoms with Crippen molar-refractivity contribution in [3.05, 3.63) is 29.3 Å². The number of benzene rings is 1. The van der Waals surface area contributed by atoms with E-state index in [-0.39, 0.29) is 24.0 Å². The summed E-state index contributed by atoms with van der Waals surface area (Å²) in [6, 6.07) is 6.86. The van der Waals surface area contributed by atoms with E-state index in [9.17, 15) is 4.21 Å². The van der Waals surface area contributed by atoms with Gasteiger partial charge >= 0.3 is 0 Å². The lowest BCUT2D eigenvalue weighted by molar-refractivity contribution is 0.413. The van der Waals surface area contributed by atoms with Gasteiger partial charge < -0.3 is 15.5 Å². The van der Waals surface area contributed by atoms with Crippen LogP contribution in [0.25, 0.3) is 0 Å². The molecule has 1 saturated carbocycles. The third-order valence-electron chi connectivity index (χ3n) is 5.10. The van der Waals surface area contributed by atoms with E-state index < -0.39 is 10.8 Å². The van der Waals surface area contributed by atoms with Crippen LogP contribution in [0.5, 0.6) is 0 Å². The van der Waals surface area contributed by atoms with Gasteiger partial charge in [-0.3, -0.25) is 4.21 Å². The summed E-state index contributed by atoms with van der Waals surface area (Å²) in [4.78, 5) is 6.98. The average Bonchev–Trinajstić information content (AvgIpc) is 2.66. The molecule has 3 atom stereocenters. The highest BCUT2D eigenvalue weighted by molar-refractivity contribution is 14.0. The summed E-state index contributed by atoms with van der Waals surface area (Å²) in [5, 5.41) is 7.28. The highest BCUT2D eigenvalue weighted by atomic mass is 127. The Morgan fingerprint density at radius 3 is 2.68 bits per heavy atom. The van der Waals surface area contributed by atoms with Gasteiger partial charge in [-0.1, -0.05) is 25.5 Å². The second-order valence-electron chi connectivity index (χ2n) is 7.52. The zero-order chi connectivity index (χ0) is 19.8. The maximum absolute atomic E-state index is 12.2. The molecular weight excluding hydrogens is 483 g/mol. The summed E-state index contributed by atoms with van der Waals surface area (Å²) in [6.07, 6.45) is 4.31. The fraction of sp³-hybridized carbons (Fsp3) is 0.667. The van der Waals surface area contributed by atoms with Crippen LogP contribution in [0, 0.1) is 6.92 Å². The predicted octanol–water partition coefficient (Wildman–Crippen LogP) is 3.81. The first-order valence-electron chi connectivity index (χ1n) is 10.1. The van der Waals surface area contributed by atoms with Crippen molar-refractivity contribution in [3.8, 4) is 0 Å². The Morgan fingerprint density at radius 1 is 1.29 bits per heavy atom. The van der Waals surface area contributed by atoms with E-state index >= 15 is 0 Å². The van der Waals surface area contributed by atoms with Crippen LogP contribution in [0.3, 0.4) is 0 Å². The van der Waals surface area contributed by atoms with Crippen LogP contribution in [0.4, 0.5) is 5.69 Å². The molecule has 1 fully saturated rings. The normalized spacial score (nSPS) is 20.8. The predicted molar refractivity (Wildman–Crippen MR) is 134 cm³/mol. The van der Waals surface area contributed by atoms with Crippen LogP contribution < -0.4 is 15.5 Å². The third kappa shape index (κ3) is 7.54. The van der Waals surface area contributed by atoms with Gasteiger partial charge in [0.2, 0.25) is 0 Å². The zero-order valence-corrected chi connectivity index (χ0v) is 21.1. The summed E-state index contributed by atoms with van der Waals surface area (Å²) in [7, 11) is 3.44. The van der Waals surface area contributed by atoms with E-state index in [0.29, 0.717) is 17.8 Å². The van der Waals surface area contributed by atoms with Crippen molar-refractivity contribution in [3.63, 3.8) is 0 Å². The lowest BCUT2D eigenvalue weighted by Gasteiger charge is -2.30. The van der Waals surface area contributed by atoms with Crippen LogP contribution >= 0.6 is 24.0 Å². The zero-order valence-electron chi connectivity index (χ0n) is 18.0. The van der Waals surface area contributed by atoms with E-state index in [2.05, 4.69) is 61.7 Å². The lowest BCUT2D eigenvalue weighted by Crippen LogP contribution is -2.46. The molecule has 1 aromatic rings. The molecule has 7 heteroatoms. The number of hydrogen-bond donors (Lipinski definition) is 2. The number of guanidine groups is 1. The molecule has 1 aliphatic carbocycles. The van der Waals surface area contributed by atoms with Crippen molar-refractivity contribution in [2.75, 3.05) is 31.3 Å². The monoisotopic (exact) mass is 520 g/mol. The number of halogens is 1. The Hall–Kier alpha value is -0.830. The first kappa shape index (κ1) is 25.2. The fourth-order valence-corrected chi connectivity index (χ4v) is 5.00. The lowest BCUT2D eigenvalue weighted by atomic mass is 9.95. The minimum atomic E-state index is -0.703. The Labute approximate surface area is 190 Å². The highest BCUT2D eigenvalue weighted by Gasteiger charge is 2.26. The van der Waals surface area contributed by atoms with Crippen LogP contribution in [0.15, 0.2) is 23.2 Å². The molecule has 3 unspecified atom stereocenters. The number of hydrogen-bond acceptors (Lipinski definition) is 3. The summed E-state index contributed by atoms with van der Waals surface area (Å²) in [5.41, 5.74) is 3.69. The molecule has 2 rings (SSSR count). The van der Waals surface area contributed by atoms with Crippen molar-refractivity contribution in [1.82, 2.24) is 10.6 Å². The molecular formula is C21H37IN4OS. The number of nitrogens with one attached hydrogen (secondary N) is 2. The van der Waals surface area contributed by atoms with E-state index in [0.717, 1.165) is 43.9 Å². The number of nitrogens with zero attached hydrogens (tertiary/aromatic N) is 2. The maximum Gasteiger partial charge on any atom is 0.191 e. The van der Waals surface area contributed by atoms with Crippen molar-refractivity contribution in [1.29, 1.82) is 0 Å². The van der Waals surface area contributed by atoms with E-state index in [1.165, 1.54) is 16.8 Å². The van der Waals surface area contributed by atoms with Crippen LogP contribution in [0.2, 0.25) is 0 Å². The van der Waals surface area contributed by atoms with E-state index in [1.807, 2.05) is 6.92 Å². The van der Waals surface area contributed by atoms with Crippen molar-refractivity contribution >= 4 is 46.4 Å². The van der Waals surface area contributed by atoms with Crippen molar-refractivity contribution in [2.45, 2.75) is 64.3 Å². The van der Waals surface area contributed by atoms with Gasteiger partial charge in [-0.2, -0.15) is 0 Å². The fourth-order valence-electron chi connectivity index (χ4n) is 3.65. The Balaban J connectivity index is 0.00000392. The van der Waals surface area contributed by atoms with Gasteiger partial charge in [0.1, 0.15) is 0 Å². The Kier molecular flexibility index (Phi) is 11.4. The number of rotatable bonds is 7. The average molecular weight is 521 g/mol. The molecule has 0 aliphatic heterocycles. The van der Waals surface area contributed by atoms with Gasteiger partial charge in [0.25, 0.3) is 0 Å². The molecule has 160 valence electrons. The molecule has 28 heavy (non-hydrogen) atoms. The van der Waals surface area contributed by atoms with Crippen molar-refractivity contribution in [2.24, 2.45) is 4.99 Å². The van der Waals surface area contributed by atoms with E-state index in [1.54, 1.807) is 0 Å². The first-order chi connectivity index (χ1) is 12.9. The smallest absolute Gasteiger partial charge is 0.191 e. The van der Waals surface area contributed by atoms with Gasteiger partial charge in [0.15, 0.2) is 5.96 Å². The summed E-state index contributed by atoms with van der Waals surface area (Å²) < 4.78 is 12.2. The van der Waals surface area contributed by atoms with Gasteiger partial charge in [-0.05, 0) is 50.3 Å². The third-order valence-corrected chi connectivity index (χ3v) is 6.84. The summed E-state index contributed by atoms with van der Waals surface area (Å²) in [6.45, 7) is 7.69. The SMILES string of the molecule is CCNC(=NCc1ccc(C)cc1N(C)C)NC1CCCC(S(=O)CC)C1.I. The largest absolute Gasteiger partial charge is 0.377 e. The molecule has 0 radical (unpaired) electrons.